The molecule has 76 valence electrons. The molecule has 0 aliphatic carbocycles. The molecule has 2 heteroatoms. The molecule has 1 amide bonds. The third-order valence-electron chi connectivity index (χ3n) is 2.07. The summed E-state index contributed by atoms with van der Waals surface area (Å²) >= 11 is 0. The molecule has 0 spiro atoms. The molecule has 1 aliphatic rings. The third-order valence-corrected chi connectivity index (χ3v) is 2.07. The Bertz CT molecular complexity index is 209. The van der Waals surface area contributed by atoms with Crippen molar-refractivity contribution < 1.29 is 4.79 Å². The Morgan fingerprint density at radius 2 is 1.43 bits per heavy atom. The summed E-state index contributed by atoms with van der Waals surface area (Å²) in [4.78, 5) is 10.6. The van der Waals surface area contributed by atoms with Crippen molar-refractivity contribution >= 4 is 5.91 Å². The molecule has 1 aromatic rings. The van der Waals surface area contributed by atoms with E-state index in [9.17, 15) is 4.79 Å². The van der Waals surface area contributed by atoms with Crippen LogP contribution in [0.15, 0.2) is 36.4 Å². The van der Waals surface area contributed by atoms with Gasteiger partial charge in [-0.2, -0.15) is 0 Å². The van der Waals surface area contributed by atoms with Gasteiger partial charge in [-0.1, -0.05) is 42.8 Å². The van der Waals surface area contributed by atoms with E-state index < -0.39 is 0 Å². The van der Waals surface area contributed by atoms with Crippen LogP contribution in [0.5, 0.6) is 0 Å². The van der Waals surface area contributed by atoms with Crippen LogP contribution in [0.25, 0.3) is 0 Å². The standard InChI is InChI=1S/C6H11NO.C6H6/c8-6-4-2-1-3-5-7-6;1-2-4-6-5-3-1/h1-5H2,(H,7,8);1-6H. The van der Waals surface area contributed by atoms with Gasteiger partial charge >= 0.3 is 0 Å². The minimum atomic E-state index is 0.225. The van der Waals surface area contributed by atoms with Gasteiger partial charge in [-0.3, -0.25) is 4.79 Å². The van der Waals surface area contributed by atoms with Crippen LogP contribution < -0.4 is 5.32 Å². The highest BCUT2D eigenvalue weighted by Gasteiger charge is 2.03. The fourth-order valence-corrected chi connectivity index (χ4v) is 1.29. The van der Waals surface area contributed by atoms with Crippen LogP contribution in [0.4, 0.5) is 0 Å². The van der Waals surface area contributed by atoms with Crippen molar-refractivity contribution in [1.82, 2.24) is 5.32 Å². The van der Waals surface area contributed by atoms with Crippen LogP contribution in [0.2, 0.25) is 0 Å². The smallest absolute Gasteiger partial charge is 0.219 e. The van der Waals surface area contributed by atoms with Crippen molar-refractivity contribution in [3.05, 3.63) is 36.4 Å². The first kappa shape index (κ1) is 10.8. The Balaban J connectivity index is 0.000000146. The quantitative estimate of drug-likeness (QED) is 0.670. The summed E-state index contributed by atoms with van der Waals surface area (Å²) in [5.41, 5.74) is 0. The molecule has 0 atom stereocenters. The minimum absolute atomic E-state index is 0.225. The zero-order valence-electron chi connectivity index (χ0n) is 8.41. The van der Waals surface area contributed by atoms with Gasteiger partial charge in [0.2, 0.25) is 5.91 Å². The van der Waals surface area contributed by atoms with Crippen LogP contribution >= 0.6 is 0 Å². The van der Waals surface area contributed by atoms with E-state index in [1.54, 1.807) is 0 Å². The molecule has 0 aromatic heterocycles. The molecule has 1 saturated heterocycles. The molecular weight excluding hydrogens is 174 g/mol. The summed E-state index contributed by atoms with van der Waals surface area (Å²) in [5, 5.41) is 2.81. The van der Waals surface area contributed by atoms with Gasteiger partial charge in [-0.15, -0.1) is 0 Å². The van der Waals surface area contributed by atoms with Crippen molar-refractivity contribution in [3.63, 3.8) is 0 Å². The van der Waals surface area contributed by atoms with Gasteiger partial charge in [-0.25, -0.2) is 0 Å². The molecule has 0 unspecified atom stereocenters. The Morgan fingerprint density at radius 3 is 2.00 bits per heavy atom. The van der Waals surface area contributed by atoms with Gasteiger partial charge in [0.25, 0.3) is 0 Å². The topological polar surface area (TPSA) is 29.1 Å². The number of hydrogen-bond acceptors (Lipinski definition) is 1. The predicted molar refractivity (Wildman–Crippen MR) is 57.9 cm³/mol. The summed E-state index contributed by atoms with van der Waals surface area (Å²) in [6.45, 7) is 0.888. The molecule has 1 fully saturated rings. The largest absolute Gasteiger partial charge is 0.356 e. The van der Waals surface area contributed by atoms with Gasteiger partial charge in [0.05, 0.1) is 0 Å². The van der Waals surface area contributed by atoms with Crippen molar-refractivity contribution in [2.24, 2.45) is 0 Å². The molecule has 0 saturated carbocycles. The molecule has 1 aliphatic heterocycles. The second-order valence-electron chi connectivity index (χ2n) is 3.32. The number of carbonyl (C=O) groups is 1. The molecule has 1 heterocycles. The second-order valence-corrected chi connectivity index (χ2v) is 3.32. The number of rotatable bonds is 0. The van der Waals surface area contributed by atoms with Crippen molar-refractivity contribution in [2.45, 2.75) is 25.7 Å². The number of hydrogen-bond donors (Lipinski definition) is 1. The SMILES string of the molecule is O=C1CCCCCN1.c1ccccc1. The molecule has 0 radical (unpaired) electrons. The summed E-state index contributed by atoms with van der Waals surface area (Å²) in [6.07, 6.45) is 4.18. The molecule has 0 bridgehead atoms. The molecule has 14 heavy (non-hydrogen) atoms. The number of amides is 1. The van der Waals surface area contributed by atoms with Gasteiger partial charge in [-0.05, 0) is 12.8 Å². The molecule has 1 aromatic carbocycles. The molecule has 2 rings (SSSR count). The third kappa shape index (κ3) is 5.36. The number of benzene rings is 1. The van der Waals surface area contributed by atoms with Gasteiger partial charge in [0.1, 0.15) is 0 Å². The molecule has 2 nitrogen and oxygen atoms in total. The van der Waals surface area contributed by atoms with Crippen LogP contribution in [0.1, 0.15) is 25.7 Å². The Hall–Kier alpha value is -1.31. The van der Waals surface area contributed by atoms with Gasteiger partial charge in [0.15, 0.2) is 0 Å². The fourth-order valence-electron chi connectivity index (χ4n) is 1.29. The van der Waals surface area contributed by atoms with E-state index in [-0.39, 0.29) is 5.91 Å². The Kier molecular flexibility index (Phi) is 5.48. The van der Waals surface area contributed by atoms with Crippen molar-refractivity contribution in [2.75, 3.05) is 6.54 Å². The summed E-state index contributed by atoms with van der Waals surface area (Å²) in [7, 11) is 0. The Labute approximate surface area is 85.3 Å². The van der Waals surface area contributed by atoms with Crippen LogP contribution in [0, 0.1) is 0 Å². The first-order valence-electron chi connectivity index (χ1n) is 5.16. The zero-order valence-corrected chi connectivity index (χ0v) is 8.41. The van der Waals surface area contributed by atoms with Gasteiger partial charge in [0, 0.05) is 13.0 Å². The zero-order chi connectivity index (χ0) is 10.1. The average Bonchev–Trinajstić information content (AvgIpc) is 2.49. The predicted octanol–water partition coefficient (Wildman–Crippen LogP) is 2.36. The number of nitrogens with one attached hydrogen (secondary N) is 1. The maximum atomic E-state index is 10.6. The summed E-state index contributed by atoms with van der Waals surface area (Å²) < 4.78 is 0. The summed E-state index contributed by atoms with van der Waals surface area (Å²) in [5.74, 6) is 0.225. The fraction of sp³-hybridized carbons (Fsp3) is 0.417. The van der Waals surface area contributed by atoms with E-state index in [0.717, 1.165) is 25.8 Å². The van der Waals surface area contributed by atoms with E-state index in [2.05, 4.69) is 5.32 Å². The highest BCUT2D eigenvalue weighted by Crippen LogP contribution is 2.02. The first-order valence-corrected chi connectivity index (χ1v) is 5.16. The maximum Gasteiger partial charge on any atom is 0.219 e. The highest BCUT2D eigenvalue weighted by molar-refractivity contribution is 5.75. The van der Waals surface area contributed by atoms with Gasteiger partial charge < -0.3 is 5.32 Å². The van der Waals surface area contributed by atoms with Crippen molar-refractivity contribution in [3.8, 4) is 0 Å². The van der Waals surface area contributed by atoms with Crippen LogP contribution in [-0.4, -0.2) is 12.5 Å². The normalized spacial score (nSPS) is 15.9. The van der Waals surface area contributed by atoms with E-state index in [0.29, 0.717) is 0 Å². The lowest BCUT2D eigenvalue weighted by atomic mass is 10.2. The second kappa shape index (κ2) is 7.13. The average molecular weight is 191 g/mol. The van der Waals surface area contributed by atoms with Crippen LogP contribution in [-0.2, 0) is 4.79 Å². The lowest BCUT2D eigenvalue weighted by molar-refractivity contribution is -0.120. The van der Waals surface area contributed by atoms with E-state index in [1.165, 1.54) is 6.42 Å². The highest BCUT2D eigenvalue weighted by atomic mass is 16.1. The van der Waals surface area contributed by atoms with E-state index in [1.807, 2.05) is 36.4 Å². The number of carbonyl (C=O) groups excluding carboxylic acids is 1. The summed E-state index contributed by atoms with van der Waals surface area (Å²) in [6, 6.07) is 12.0. The Morgan fingerprint density at radius 1 is 0.857 bits per heavy atom. The van der Waals surface area contributed by atoms with Crippen LogP contribution in [0.3, 0.4) is 0 Å². The lowest BCUT2D eigenvalue weighted by Crippen LogP contribution is -2.21. The molecule has 1 N–H and O–H groups in total. The van der Waals surface area contributed by atoms with Crippen molar-refractivity contribution in [1.29, 1.82) is 0 Å². The monoisotopic (exact) mass is 191 g/mol. The van der Waals surface area contributed by atoms with E-state index >= 15 is 0 Å². The lowest BCUT2D eigenvalue weighted by Gasteiger charge is -1.93. The van der Waals surface area contributed by atoms with E-state index in [4.69, 9.17) is 0 Å². The maximum absolute atomic E-state index is 10.6. The minimum Gasteiger partial charge on any atom is -0.356 e. The molecular formula is C12H17NO. The first-order chi connectivity index (χ1) is 6.89.